The van der Waals surface area contributed by atoms with Gasteiger partial charge in [-0.15, -0.1) is 11.3 Å². The van der Waals surface area contributed by atoms with Crippen LogP contribution < -0.4 is 10.9 Å². The molecule has 29 heavy (non-hydrogen) atoms. The van der Waals surface area contributed by atoms with E-state index in [0.29, 0.717) is 28.3 Å². The number of carbonyl (C=O) groups excluding carboxylic acids is 1. The summed E-state index contributed by atoms with van der Waals surface area (Å²) in [6.07, 6.45) is 1.52. The number of nitrogens with zero attached hydrogens (tertiary/aromatic N) is 3. The van der Waals surface area contributed by atoms with Crippen LogP contribution in [-0.4, -0.2) is 25.7 Å². The third kappa shape index (κ3) is 4.22. The minimum atomic E-state index is -0.443. The lowest BCUT2D eigenvalue weighted by Crippen LogP contribution is -2.19. The van der Waals surface area contributed by atoms with Gasteiger partial charge in [0.1, 0.15) is 11.5 Å². The Morgan fingerprint density at radius 2 is 2.21 bits per heavy atom. The Hall–Kier alpha value is -2.98. The van der Waals surface area contributed by atoms with Crippen molar-refractivity contribution in [1.29, 1.82) is 0 Å². The molecule has 4 heterocycles. The number of nitrogens with one attached hydrogen (secondary N) is 2. The van der Waals surface area contributed by atoms with E-state index in [1.165, 1.54) is 22.1 Å². The second-order valence-corrected chi connectivity index (χ2v) is 7.90. The number of aromatic nitrogens is 4. The zero-order valence-electron chi connectivity index (χ0n) is 15.3. The van der Waals surface area contributed by atoms with Crippen molar-refractivity contribution in [3.05, 3.63) is 68.3 Å². The fourth-order valence-corrected chi connectivity index (χ4v) is 3.76. The molecule has 0 saturated carbocycles. The molecule has 148 valence electrons. The van der Waals surface area contributed by atoms with Crippen LogP contribution in [-0.2, 0) is 6.42 Å². The average Bonchev–Trinajstić information content (AvgIpc) is 3.41. The van der Waals surface area contributed by atoms with Crippen LogP contribution in [0, 0.1) is 0 Å². The summed E-state index contributed by atoms with van der Waals surface area (Å²) < 4.78 is 7.19. The molecule has 0 radical (unpaired) electrons. The first-order valence-corrected chi connectivity index (χ1v) is 10.5. The van der Waals surface area contributed by atoms with Crippen LogP contribution in [0.5, 0.6) is 0 Å². The van der Waals surface area contributed by atoms with E-state index < -0.39 is 5.91 Å². The van der Waals surface area contributed by atoms with Gasteiger partial charge < -0.3 is 9.73 Å². The van der Waals surface area contributed by atoms with Gasteiger partial charge in [-0.25, -0.2) is 4.98 Å². The lowest BCUT2D eigenvalue weighted by atomic mass is 10.2. The van der Waals surface area contributed by atoms with Crippen LogP contribution in [0.4, 0.5) is 5.82 Å². The molecule has 0 aromatic carbocycles. The summed E-state index contributed by atoms with van der Waals surface area (Å²) in [5, 5.41) is 9.28. The predicted octanol–water partition coefficient (Wildman–Crippen LogP) is 4.24. The molecule has 0 fully saturated rings. The smallest absolute Gasteiger partial charge is 0.292 e. The summed E-state index contributed by atoms with van der Waals surface area (Å²) in [5.41, 5.74) is 1.03. The number of halogens is 1. The summed E-state index contributed by atoms with van der Waals surface area (Å²) in [6.45, 7) is 2.01. The molecular weight excluding hydrogens is 458 g/mol. The lowest BCUT2D eigenvalue weighted by molar-refractivity contribution is 0.0994. The summed E-state index contributed by atoms with van der Waals surface area (Å²) in [6, 6.07) is 10.2. The van der Waals surface area contributed by atoms with Crippen molar-refractivity contribution < 1.29 is 9.21 Å². The summed E-state index contributed by atoms with van der Waals surface area (Å²) >= 11 is 4.71. The predicted molar refractivity (Wildman–Crippen MR) is 114 cm³/mol. The third-order valence-electron chi connectivity index (χ3n) is 4.01. The first-order valence-electron chi connectivity index (χ1n) is 8.84. The van der Waals surface area contributed by atoms with Gasteiger partial charge in [-0.3, -0.25) is 14.6 Å². The molecule has 0 aliphatic heterocycles. The van der Waals surface area contributed by atoms with Gasteiger partial charge in [0.15, 0.2) is 10.4 Å². The van der Waals surface area contributed by atoms with Crippen LogP contribution in [0.25, 0.3) is 16.5 Å². The molecule has 0 aliphatic rings. The molecule has 8 nitrogen and oxygen atoms in total. The van der Waals surface area contributed by atoms with Gasteiger partial charge in [0, 0.05) is 17.8 Å². The first-order chi connectivity index (χ1) is 14.0. The fourth-order valence-electron chi connectivity index (χ4n) is 2.77. The average molecular weight is 474 g/mol. The maximum Gasteiger partial charge on any atom is 0.292 e. The molecule has 0 saturated heterocycles. The number of anilines is 1. The van der Waals surface area contributed by atoms with Crippen molar-refractivity contribution in [1.82, 2.24) is 19.7 Å². The number of carbonyl (C=O) groups is 1. The van der Waals surface area contributed by atoms with E-state index in [1.807, 2.05) is 24.4 Å². The monoisotopic (exact) mass is 473 g/mol. The molecule has 4 aromatic rings. The normalized spacial score (nSPS) is 11.0. The van der Waals surface area contributed by atoms with Gasteiger partial charge in [-0.2, -0.15) is 9.78 Å². The molecule has 1 amide bonds. The number of hydrogen-bond acceptors (Lipinski definition) is 6. The lowest BCUT2D eigenvalue weighted by Gasteiger charge is -2.08. The number of hydrogen-bond donors (Lipinski definition) is 2. The Balaban J connectivity index is 1.78. The van der Waals surface area contributed by atoms with Gasteiger partial charge in [0.05, 0.1) is 4.88 Å². The number of rotatable bonds is 6. The van der Waals surface area contributed by atoms with E-state index >= 15 is 0 Å². The van der Waals surface area contributed by atoms with E-state index in [-0.39, 0.29) is 17.3 Å². The highest BCUT2D eigenvalue weighted by atomic mass is 79.9. The van der Waals surface area contributed by atoms with Crippen LogP contribution in [0.15, 0.2) is 55.7 Å². The van der Waals surface area contributed by atoms with Crippen molar-refractivity contribution in [2.24, 2.45) is 0 Å². The van der Waals surface area contributed by atoms with Crippen molar-refractivity contribution in [3.63, 3.8) is 0 Å². The Bertz CT molecular complexity index is 1210. The molecule has 4 aromatic heterocycles. The highest BCUT2D eigenvalue weighted by molar-refractivity contribution is 9.10. The largest absolute Gasteiger partial charge is 0.444 e. The van der Waals surface area contributed by atoms with E-state index in [9.17, 15) is 9.59 Å². The summed E-state index contributed by atoms with van der Waals surface area (Å²) in [7, 11) is 0. The Labute approximate surface area is 177 Å². The zero-order valence-corrected chi connectivity index (χ0v) is 17.7. The van der Waals surface area contributed by atoms with Crippen molar-refractivity contribution in [3.8, 4) is 16.5 Å². The summed E-state index contributed by atoms with van der Waals surface area (Å²) in [4.78, 5) is 32.8. The van der Waals surface area contributed by atoms with Crippen molar-refractivity contribution in [2.75, 3.05) is 5.32 Å². The molecule has 0 atom stereocenters. The fraction of sp³-hybridized carbons (Fsp3) is 0.158. The number of amides is 1. The van der Waals surface area contributed by atoms with Gasteiger partial charge in [-0.1, -0.05) is 19.4 Å². The van der Waals surface area contributed by atoms with Crippen molar-refractivity contribution in [2.45, 2.75) is 19.8 Å². The molecule has 0 aliphatic carbocycles. The number of aromatic amines is 1. The third-order valence-corrected chi connectivity index (χ3v) is 5.33. The number of aryl methyl sites for hydroxylation is 1. The standard InChI is InChI=1S/C19H16BrN5O3S/c1-2-4-11-9-17(26)23-19(21-11)25-16(10-12(24-25)14-5-3-8-29-14)22-18(27)13-6-7-15(20)28-13/h3,5-10H,2,4H2,1H3,(H,22,27)(H,21,23,26). The molecule has 0 spiro atoms. The molecule has 4 rings (SSSR count). The molecular formula is C19H16BrN5O3S. The van der Waals surface area contributed by atoms with Gasteiger partial charge in [0.2, 0.25) is 5.95 Å². The molecule has 0 bridgehead atoms. The minimum absolute atomic E-state index is 0.142. The second kappa shape index (κ2) is 8.18. The van der Waals surface area contributed by atoms with Crippen LogP contribution in [0.1, 0.15) is 29.6 Å². The van der Waals surface area contributed by atoms with E-state index in [2.05, 4.69) is 36.3 Å². The minimum Gasteiger partial charge on any atom is -0.444 e. The van der Waals surface area contributed by atoms with Gasteiger partial charge >= 0.3 is 0 Å². The Morgan fingerprint density at radius 1 is 1.34 bits per heavy atom. The molecule has 0 unspecified atom stereocenters. The van der Waals surface area contributed by atoms with Gasteiger partial charge in [0.25, 0.3) is 11.5 Å². The zero-order chi connectivity index (χ0) is 20.4. The number of H-pyrrole nitrogens is 1. The number of furan rings is 1. The van der Waals surface area contributed by atoms with E-state index in [1.54, 1.807) is 18.2 Å². The van der Waals surface area contributed by atoms with E-state index in [0.717, 1.165) is 11.3 Å². The SMILES string of the molecule is CCCc1cc(=O)[nH]c(-n2nc(-c3cccs3)cc2NC(=O)c2ccc(Br)o2)n1. The Kier molecular flexibility index (Phi) is 5.45. The highest BCUT2D eigenvalue weighted by Gasteiger charge is 2.18. The topological polar surface area (TPSA) is 106 Å². The van der Waals surface area contributed by atoms with Crippen LogP contribution in [0.2, 0.25) is 0 Å². The quantitative estimate of drug-likeness (QED) is 0.435. The molecule has 2 N–H and O–H groups in total. The van der Waals surface area contributed by atoms with E-state index in [4.69, 9.17) is 4.42 Å². The second-order valence-electron chi connectivity index (χ2n) is 6.17. The van der Waals surface area contributed by atoms with Crippen LogP contribution >= 0.6 is 27.3 Å². The Morgan fingerprint density at radius 3 is 2.90 bits per heavy atom. The van der Waals surface area contributed by atoms with Gasteiger partial charge in [-0.05, 0) is 45.9 Å². The maximum atomic E-state index is 12.6. The van der Waals surface area contributed by atoms with Crippen molar-refractivity contribution >= 4 is 39.0 Å². The summed E-state index contributed by atoms with van der Waals surface area (Å²) in [5.74, 6) is 0.299. The molecule has 10 heteroatoms. The maximum absolute atomic E-state index is 12.6. The number of thiophene rings is 1. The van der Waals surface area contributed by atoms with Crippen LogP contribution in [0.3, 0.4) is 0 Å². The first kappa shape index (κ1) is 19.3. The highest BCUT2D eigenvalue weighted by Crippen LogP contribution is 2.27.